The normalized spacial score (nSPS) is 16.1. The number of hydrogen-bond donors (Lipinski definition) is 1. The van der Waals surface area contributed by atoms with Crippen LogP contribution in [0.1, 0.15) is 23.2 Å². The lowest BCUT2D eigenvalue weighted by atomic mass is 10.1. The molecule has 0 bridgehead atoms. The van der Waals surface area contributed by atoms with Gasteiger partial charge < -0.3 is 5.32 Å². The van der Waals surface area contributed by atoms with Gasteiger partial charge in [-0.2, -0.15) is 5.26 Å². The maximum absolute atomic E-state index is 12.9. The molecular formula is C12H10BrFN2O. The SMILES string of the molecule is N#CC(NC(=O)c1ccc(F)cc1Br)C1CC1. The van der Waals surface area contributed by atoms with Gasteiger partial charge in [0.15, 0.2) is 0 Å². The molecule has 3 nitrogen and oxygen atoms in total. The molecule has 1 aliphatic carbocycles. The van der Waals surface area contributed by atoms with Gasteiger partial charge in [-0.1, -0.05) is 0 Å². The lowest BCUT2D eigenvalue weighted by molar-refractivity contribution is 0.0941. The summed E-state index contributed by atoms with van der Waals surface area (Å²) in [6.45, 7) is 0. The molecule has 88 valence electrons. The van der Waals surface area contributed by atoms with Crippen molar-refractivity contribution in [2.24, 2.45) is 5.92 Å². The smallest absolute Gasteiger partial charge is 0.253 e. The predicted molar refractivity (Wildman–Crippen MR) is 63.7 cm³/mol. The Bertz CT molecular complexity index is 494. The van der Waals surface area contributed by atoms with E-state index < -0.39 is 11.9 Å². The molecule has 1 amide bonds. The van der Waals surface area contributed by atoms with Crippen molar-refractivity contribution in [2.75, 3.05) is 0 Å². The maximum Gasteiger partial charge on any atom is 0.253 e. The van der Waals surface area contributed by atoms with Gasteiger partial charge >= 0.3 is 0 Å². The summed E-state index contributed by atoms with van der Waals surface area (Å²) in [7, 11) is 0. The second-order valence-electron chi connectivity index (χ2n) is 4.04. The van der Waals surface area contributed by atoms with Crippen molar-refractivity contribution in [2.45, 2.75) is 18.9 Å². The van der Waals surface area contributed by atoms with Gasteiger partial charge in [0.05, 0.1) is 11.6 Å². The zero-order valence-electron chi connectivity index (χ0n) is 8.91. The van der Waals surface area contributed by atoms with Crippen LogP contribution in [0.5, 0.6) is 0 Å². The Morgan fingerprint density at radius 1 is 1.59 bits per heavy atom. The van der Waals surface area contributed by atoms with E-state index in [-0.39, 0.29) is 11.8 Å². The number of hydrogen-bond acceptors (Lipinski definition) is 2. The van der Waals surface area contributed by atoms with Gasteiger partial charge in [0.2, 0.25) is 0 Å². The molecule has 0 radical (unpaired) electrons. The average molecular weight is 297 g/mol. The van der Waals surface area contributed by atoms with Crippen LogP contribution in [-0.2, 0) is 0 Å². The van der Waals surface area contributed by atoms with Crippen LogP contribution >= 0.6 is 15.9 Å². The van der Waals surface area contributed by atoms with Crippen molar-refractivity contribution in [3.8, 4) is 6.07 Å². The molecule has 5 heteroatoms. The Hall–Kier alpha value is -1.41. The highest BCUT2D eigenvalue weighted by Crippen LogP contribution is 2.32. The molecule has 1 unspecified atom stereocenters. The Kier molecular flexibility index (Phi) is 3.43. The van der Waals surface area contributed by atoms with Gasteiger partial charge in [-0.3, -0.25) is 4.79 Å². The molecule has 0 spiro atoms. The Morgan fingerprint density at radius 2 is 2.29 bits per heavy atom. The second kappa shape index (κ2) is 4.84. The lowest BCUT2D eigenvalue weighted by Crippen LogP contribution is -2.35. The summed E-state index contributed by atoms with van der Waals surface area (Å²) in [6, 6.07) is 5.48. The van der Waals surface area contributed by atoms with Gasteiger partial charge in [-0.25, -0.2) is 4.39 Å². The number of carbonyl (C=O) groups excluding carboxylic acids is 1. The highest BCUT2D eigenvalue weighted by atomic mass is 79.9. The molecular weight excluding hydrogens is 287 g/mol. The lowest BCUT2D eigenvalue weighted by Gasteiger charge is -2.11. The molecule has 1 aromatic rings. The summed E-state index contributed by atoms with van der Waals surface area (Å²) in [4.78, 5) is 11.9. The first-order chi connectivity index (χ1) is 8.11. The molecule has 1 aromatic carbocycles. The fourth-order valence-corrected chi connectivity index (χ4v) is 2.11. The summed E-state index contributed by atoms with van der Waals surface area (Å²) < 4.78 is 13.3. The van der Waals surface area contributed by atoms with Gasteiger partial charge in [0.25, 0.3) is 5.91 Å². The molecule has 0 saturated heterocycles. The number of benzene rings is 1. The van der Waals surface area contributed by atoms with Crippen LogP contribution in [0.3, 0.4) is 0 Å². The number of rotatable bonds is 3. The van der Waals surface area contributed by atoms with Crippen LogP contribution in [0.4, 0.5) is 4.39 Å². The summed E-state index contributed by atoms with van der Waals surface area (Å²) in [5, 5.41) is 11.6. The minimum absolute atomic E-state index is 0.267. The van der Waals surface area contributed by atoms with Crippen LogP contribution in [-0.4, -0.2) is 11.9 Å². The monoisotopic (exact) mass is 296 g/mol. The highest BCUT2D eigenvalue weighted by molar-refractivity contribution is 9.10. The minimum atomic E-state index is -0.445. The van der Waals surface area contributed by atoms with E-state index in [1.54, 1.807) is 0 Å². The third-order valence-electron chi connectivity index (χ3n) is 2.69. The Morgan fingerprint density at radius 3 is 2.82 bits per heavy atom. The molecule has 17 heavy (non-hydrogen) atoms. The molecule has 1 saturated carbocycles. The molecule has 0 aliphatic heterocycles. The van der Waals surface area contributed by atoms with E-state index in [0.717, 1.165) is 12.8 Å². The van der Waals surface area contributed by atoms with E-state index >= 15 is 0 Å². The van der Waals surface area contributed by atoms with Crippen molar-refractivity contribution >= 4 is 21.8 Å². The average Bonchev–Trinajstić information content (AvgIpc) is 3.09. The largest absolute Gasteiger partial charge is 0.336 e. The highest BCUT2D eigenvalue weighted by Gasteiger charge is 2.32. The Labute approximate surface area is 107 Å². The van der Waals surface area contributed by atoms with E-state index in [1.807, 2.05) is 0 Å². The second-order valence-corrected chi connectivity index (χ2v) is 4.90. The van der Waals surface area contributed by atoms with E-state index in [9.17, 15) is 9.18 Å². The number of carbonyl (C=O) groups is 1. The third-order valence-corrected chi connectivity index (χ3v) is 3.35. The van der Waals surface area contributed by atoms with Crippen LogP contribution < -0.4 is 5.32 Å². The van der Waals surface area contributed by atoms with Gasteiger partial charge in [-0.15, -0.1) is 0 Å². The molecule has 1 N–H and O–H groups in total. The zero-order chi connectivity index (χ0) is 12.4. The number of amides is 1. The third kappa shape index (κ3) is 2.83. The minimum Gasteiger partial charge on any atom is -0.336 e. The first-order valence-corrected chi connectivity index (χ1v) is 6.06. The summed E-state index contributed by atoms with van der Waals surface area (Å²) in [5.74, 6) is -0.494. The van der Waals surface area contributed by atoms with E-state index in [2.05, 4.69) is 27.3 Å². The van der Waals surface area contributed by atoms with E-state index in [0.29, 0.717) is 10.0 Å². The van der Waals surface area contributed by atoms with Gasteiger partial charge in [0, 0.05) is 4.47 Å². The molecule has 0 heterocycles. The van der Waals surface area contributed by atoms with Crippen molar-refractivity contribution in [1.29, 1.82) is 5.26 Å². The number of nitrogens with zero attached hydrogens (tertiary/aromatic N) is 1. The quantitative estimate of drug-likeness (QED) is 0.932. The molecule has 1 atom stereocenters. The fraction of sp³-hybridized carbons (Fsp3) is 0.333. The molecule has 0 aromatic heterocycles. The van der Waals surface area contributed by atoms with E-state index in [1.165, 1.54) is 18.2 Å². The zero-order valence-corrected chi connectivity index (χ0v) is 10.5. The van der Waals surface area contributed by atoms with Crippen LogP contribution in [0, 0.1) is 23.1 Å². The van der Waals surface area contributed by atoms with Crippen LogP contribution in [0.15, 0.2) is 22.7 Å². The summed E-state index contributed by atoms with van der Waals surface area (Å²) >= 11 is 3.13. The van der Waals surface area contributed by atoms with Gasteiger partial charge in [-0.05, 0) is 52.9 Å². The number of halogens is 2. The van der Waals surface area contributed by atoms with Crippen LogP contribution in [0.25, 0.3) is 0 Å². The summed E-state index contributed by atoms with van der Waals surface area (Å²) in [5.41, 5.74) is 0.340. The molecule has 2 rings (SSSR count). The van der Waals surface area contributed by atoms with Crippen molar-refractivity contribution in [3.05, 3.63) is 34.1 Å². The standard InChI is InChI=1S/C12H10BrFN2O/c13-10-5-8(14)3-4-9(10)12(17)16-11(6-15)7-1-2-7/h3-5,7,11H,1-2H2,(H,16,17). The first-order valence-electron chi connectivity index (χ1n) is 5.27. The van der Waals surface area contributed by atoms with Crippen molar-refractivity contribution in [1.82, 2.24) is 5.32 Å². The first kappa shape index (κ1) is 12.1. The van der Waals surface area contributed by atoms with Crippen molar-refractivity contribution in [3.63, 3.8) is 0 Å². The predicted octanol–water partition coefficient (Wildman–Crippen LogP) is 2.62. The Balaban J connectivity index is 2.11. The number of nitriles is 1. The summed E-state index contributed by atoms with van der Waals surface area (Å²) in [6.07, 6.45) is 1.95. The van der Waals surface area contributed by atoms with Crippen LogP contribution in [0.2, 0.25) is 0 Å². The fourth-order valence-electron chi connectivity index (χ4n) is 1.58. The van der Waals surface area contributed by atoms with Crippen molar-refractivity contribution < 1.29 is 9.18 Å². The molecule has 1 fully saturated rings. The molecule has 1 aliphatic rings. The topological polar surface area (TPSA) is 52.9 Å². The van der Waals surface area contributed by atoms with E-state index in [4.69, 9.17) is 5.26 Å². The maximum atomic E-state index is 12.9. The number of nitrogens with one attached hydrogen (secondary N) is 1. The van der Waals surface area contributed by atoms with Gasteiger partial charge in [0.1, 0.15) is 11.9 Å².